The van der Waals surface area contributed by atoms with Gasteiger partial charge in [-0.25, -0.2) is 13.2 Å². The predicted molar refractivity (Wildman–Crippen MR) is 105 cm³/mol. The van der Waals surface area contributed by atoms with Crippen LogP contribution in [0, 0.1) is 0 Å². The monoisotopic (exact) mass is 432 g/mol. The van der Waals surface area contributed by atoms with E-state index in [2.05, 4.69) is 16.0 Å². The average molecular weight is 433 g/mol. The average Bonchev–Trinajstić information content (AvgIpc) is 2.89. The Morgan fingerprint density at radius 1 is 1.25 bits per heavy atom. The van der Waals surface area contributed by atoms with Gasteiger partial charge in [-0.2, -0.15) is 4.31 Å². The number of halogens is 1. The third-order valence-corrected chi connectivity index (χ3v) is 7.32. The highest BCUT2D eigenvalue weighted by Crippen LogP contribution is 2.35. The van der Waals surface area contributed by atoms with Crippen molar-refractivity contribution in [1.29, 1.82) is 0 Å². The van der Waals surface area contributed by atoms with Gasteiger partial charge in [0.15, 0.2) is 0 Å². The first-order valence-corrected chi connectivity index (χ1v) is 10.1. The predicted octanol–water partition coefficient (Wildman–Crippen LogP) is 0.543. The number of carbonyl (C=O) groups is 2. The second-order valence-electron chi connectivity index (χ2n) is 6.99. The van der Waals surface area contributed by atoms with Crippen LogP contribution in [0.25, 0.3) is 0 Å². The number of methoxy groups -OCH3 is 1. The number of urea groups is 1. The van der Waals surface area contributed by atoms with E-state index in [-0.39, 0.29) is 34.9 Å². The van der Waals surface area contributed by atoms with Crippen LogP contribution >= 0.6 is 12.4 Å². The molecule has 2 aliphatic heterocycles. The highest BCUT2D eigenvalue weighted by molar-refractivity contribution is 7.89. The molecule has 3 rings (SSSR count). The summed E-state index contributed by atoms with van der Waals surface area (Å²) in [5, 5.41) is 7.98. The van der Waals surface area contributed by atoms with Crippen molar-refractivity contribution in [1.82, 2.24) is 20.3 Å². The minimum absolute atomic E-state index is 0. The Balaban J connectivity index is 0.00000280. The molecule has 28 heavy (non-hydrogen) atoms. The van der Waals surface area contributed by atoms with Gasteiger partial charge in [-0.1, -0.05) is 0 Å². The Morgan fingerprint density at radius 3 is 2.50 bits per heavy atom. The first-order chi connectivity index (χ1) is 12.6. The van der Waals surface area contributed by atoms with Gasteiger partial charge in [-0.15, -0.1) is 12.4 Å². The molecule has 3 atom stereocenters. The number of imide groups is 1. The third kappa shape index (κ3) is 3.57. The number of carbonyl (C=O) groups excluding carboxylic acids is 2. The molecule has 1 aromatic carbocycles. The molecule has 3 amide bonds. The number of sulfonamides is 1. The van der Waals surface area contributed by atoms with Crippen molar-refractivity contribution in [3.63, 3.8) is 0 Å². The van der Waals surface area contributed by atoms with E-state index in [1.807, 2.05) is 13.8 Å². The fraction of sp³-hybridized carbons (Fsp3) is 0.529. The lowest BCUT2D eigenvalue weighted by molar-refractivity contribution is -0.123. The molecule has 0 radical (unpaired) electrons. The number of amides is 3. The Morgan fingerprint density at radius 2 is 1.93 bits per heavy atom. The van der Waals surface area contributed by atoms with Crippen molar-refractivity contribution in [3.05, 3.63) is 23.8 Å². The van der Waals surface area contributed by atoms with Crippen LogP contribution in [0.5, 0.6) is 5.75 Å². The molecule has 11 heteroatoms. The van der Waals surface area contributed by atoms with E-state index < -0.39 is 27.5 Å². The van der Waals surface area contributed by atoms with Gasteiger partial charge in [-0.05, 0) is 39.0 Å². The lowest BCUT2D eigenvalue weighted by Gasteiger charge is -2.37. The minimum atomic E-state index is -3.79. The van der Waals surface area contributed by atoms with Crippen molar-refractivity contribution in [2.45, 2.75) is 43.3 Å². The van der Waals surface area contributed by atoms with E-state index in [4.69, 9.17) is 4.74 Å². The van der Waals surface area contributed by atoms with Gasteiger partial charge in [0.2, 0.25) is 10.0 Å². The van der Waals surface area contributed by atoms with Gasteiger partial charge < -0.3 is 15.4 Å². The van der Waals surface area contributed by atoms with Crippen LogP contribution in [-0.4, -0.2) is 56.9 Å². The second-order valence-corrected chi connectivity index (χ2v) is 8.89. The Hall–Kier alpha value is -1.88. The number of nitrogens with one attached hydrogen (secondary N) is 3. The summed E-state index contributed by atoms with van der Waals surface area (Å²) < 4.78 is 33.2. The summed E-state index contributed by atoms with van der Waals surface area (Å²) in [6.07, 6.45) is 0. The van der Waals surface area contributed by atoms with Gasteiger partial charge in [0.1, 0.15) is 11.3 Å². The molecule has 3 N–H and O–H groups in total. The number of rotatable bonds is 4. The number of piperazine rings is 1. The quantitative estimate of drug-likeness (QED) is 0.598. The molecule has 0 saturated carbocycles. The van der Waals surface area contributed by atoms with Crippen LogP contribution in [-0.2, 0) is 20.4 Å². The van der Waals surface area contributed by atoms with Crippen LogP contribution in [0.3, 0.4) is 0 Å². The van der Waals surface area contributed by atoms with Gasteiger partial charge in [0.25, 0.3) is 5.91 Å². The van der Waals surface area contributed by atoms with Gasteiger partial charge in [0, 0.05) is 30.7 Å². The summed E-state index contributed by atoms with van der Waals surface area (Å²) >= 11 is 0. The lowest BCUT2D eigenvalue weighted by atomic mass is 9.91. The Bertz CT molecular complexity index is 894. The molecule has 156 valence electrons. The van der Waals surface area contributed by atoms with E-state index in [1.165, 1.54) is 36.5 Å². The molecule has 0 bridgehead atoms. The first-order valence-electron chi connectivity index (χ1n) is 8.68. The molecule has 1 aromatic rings. The zero-order valence-electron chi connectivity index (χ0n) is 16.1. The van der Waals surface area contributed by atoms with Crippen LogP contribution in [0.15, 0.2) is 23.1 Å². The molecule has 0 aliphatic carbocycles. The van der Waals surface area contributed by atoms with Crippen molar-refractivity contribution in [3.8, 4) is 5.75 Å². The maximum absolute atomic E-state index is 13.2. The molecule has 0 aromatic heterocycles. The third-order valence-electron chi connectivity index (χ3n) is 5.34. The van der Waals surface area contributed by atoms with Gasteiger partial charge in [-0.3, -0.25) is 10.1 Å². The maximum Gasteiger partial charge on any atom is 0.322 e. The topological polar surface area (TPSA) is 117 Å². The smallest absolute Gasteiger partial charge is 0.322 e. The van der Waals surface area contributed by atoms with Crippen molar-refractivity contribution < 1.29 is 22.7 Å². The lowest BCUT2D eigenvalue weighted by Crippen LogP contribution is -2.57. The van der Waals surface area contributed by atoms with E-state index >= 15 is 0 Å². The zero-order valence-corrected chi connectivity index (χ0v) is 17.7. The normalized spacial score (nSPS) is 28.3. The molecule has 2 aliphatic rings. The van der Waals surface area contributed by atoms with Crippen LogP contribution in [0.4, 0.5) is 4.79 Å². The molecule has 9 nitrogen and oxygen atoms in total. The molecular formula is C17H25ClN4O5S. The van der Waals surface area contributed by atoms with Crippen molar-refractivity contribution in [2.24, 2.45) is 0 Å². The van der Waals surface area contributed by atoms with Crippen LogP contribution in [0.1, 0.15) is 26.3 Å². The van der Waals surface area contributed by atoms with E-state index in [0.29, 0.717) is 18.8 Å². The van der Waals surface area contributed by atoms with Crippen LogP contribution in [0.2, 0.25) is 0 Å². The van der Waals surface area contributed by atoms with Gasteiger partial charge >= 0.3 is 6.03 Å². The standard InChI is InChI=1S/C17H24N4O5S.ClH/c1-10-11(2)21(8-7-18-10)27(24,25)12-5-6-14(26-4)13(9-12)17(3)15(22)19-16(23)20-17;/h5-6,9-11,18H,7-8H2,1-4H3,(H2,19,20,22,23);1H. The summed E-state index contributed by atoms with van der Waals surface area (Å²) in [7, 11) is -2.36. The van der Waals surface area contributed by atoms with Crippen molar-refractivity contribution >= 4 is 34.4 Å². The van der Waals surface area contributed by atoms with Gasteiger partial charge in [0.05, 0.1) is 12.0 Å². The molecule has 2 saturated heterocycles. The summed E-state index contributed by atoms with van der Waals surface area (Å²) in [5.41, 5.74) is -1.14. The number of benzene rings is 1. The fourth-order valence-corrected chi connectivity index (χ4v) is 5.20. The van der Waals surface area contributed by atoms with E-state index in [0.717, 1.165) is 0 Å². The van der Waals surface area contributed by atoms with E-state index in [1.54, 1.807) is 0 Å². The summed E-state index contributed by atoms with van der Waals surface area (Å²) in [4.78, 5) is 24.0. The molecular weight excluding hydrogens is 408 g/mol. The largest absolute Gasteiger partial charge is 0.496 e. The summed E-state index contributed by atoms with van der Waals surface area (Å²) in [5.74, 6) is -0.250. The summed E-state index contributed by atoms with van der Waals surface area (Å²) in [6.45, 7) is 6.21. The number of ether oxygens (including phenoxy) is 1. The first kappa shape index (κ1) is 22.4. The molecule has 2 heterocycles. The van der Waals surface area contributed by atoms with Crippen LogP contribution < -0.4 is 20.7 Å². The Labute approximate surface area is 170 Å². The van der Waals surface area contributed by atoms with E-state index in [9.17, 15) is 18.0 Å². The minimum Gasteiger partial charge on any atom is -0.496 e. The Kier molecular flexibility index (Phi) is 6.29. The maximum atomic E-state index is 13.2. The molecule has 2 fully saturated rings. The number of hydrogen-bond acceptors (Lipinski definition) is 6. The molecule has 3 unspecified atom stereocenters. The number of hydrogen-bond donors (Lipinski definition) is 3. The SMILES string of the molecule is COc1ccc(S(=O)(=O)N2CCNC(C)C2C)cc1C1(C)NC(=O)NC1=O.Cl. The molecule has 0 spiro atoms. The zero-order chi connectivity index (χ0) is 20.0. The summed E-state index contributed by atoms with van der Waals surface area (Å²) in [6, 6.07) is 3.51. The highest BCUT2D eigenvalue weighted by atomic mass is 35.5. The second kappa shape index (κ2) is 7.86. The fourth-order valence-electron chi connectivity index (χ4n) is 3.47. The van der Waals surface area contributed by atoms with Crippen molar-refractivity contribution in [2.75, 3.05) is 20.2 Å². The number of nitrogens with zero attached hydrogens (tertiary/aromatic N) is 1. The highest BCUT2D eigenvalue weighted by Gasteiger charge is 2.46.